The Balaban J connectivity index is 2.90. The number of aryl methyl sites for hydroxylation is 1. The summed E-state index contributed by atoms with van der Waals surface area (Å²) in [5.41, 5.74) is 6.66. The first kappa shape index (κ1) is 10.2. The summed E-state index contributed by atoms with van der Waals surface area (Å²) in [7, 11) is 1.61. The van der Waals surface area contributed by atoms with Gasteiger partial charge in [0.1, 0.15) is 12.4 Å². The topological polar surface area (TPSA) is 61.3 Å². The van der Waals surface area contributed by atoms with Gasteiger partial charge in [-0.2, -0.15) is 0 Å². The van der Waals surface area contributed by atoms with Gasteiger partial charge in [-0.15, -0.1) is 0 Å². The van der Waals surface area contributed by atoms with Crippen molar-refractivity contribution in [2.24, 2.45) is 5.73 Å². The summed E-state index contributed by atoms with van der Waals surface area (Å²) in [6, 6.07) is -0.104. The van der Waals surface area contributed by atoms with Gasteiger partial charge in [0, 0.05) is 7.11 Å². The molecular weight excluding hydrogens is 168 g/mol. The predicted octanol–water partition coefficient (Wildman–Crippen LogP) is 1.40. The second kappa shape index (κ2) is 4.39. The van der Waals surface area contributed by atoms with Crippen molar-refractivity contribution < 1.29 is 9.15 Å². The van der Waals surface area contributed by atoms with Crippen LogP contribution in [0, 0.1) is 0 Å². The van der Waals surface area contributed by atoms with Crippen LogP contribution >= 0.6 is 0 Å². The molecule has 1 atom stereocenters. The highest BCUT2D eigenvalue weighted by Gasteiger charge is 2.14. The second-order valence-corrected chi connectivity index (χ2v) is 2.99. The Morgan fingerprint density at radius 1 is 1.62 bits per heavy atom. The molecule has 2 N–H and O–H groups in total. The highest BCUT2D eigenvalue weighted by atomic mass is 16.5. The van der Waals surface area contributed by atoms with Gasteiger partial charge < -0.3 is 14.9 Å². The molecule has 0 spiro atoms. The number of hydrogen-bond acceptors (Lipinski definition) is 4. The Kier molecular flexibility index (Phi) is 3.45. The lowest BCUT2D eigenvalue weighted by molar-refractivity contribution is 0.157. The minimum absolute atomic E-state index is 0.104. The summed E-state index contributed by atoms with van der Waals surface area (Å²) in [6.07, 6.45) is 0.837. The number of aromatic nitrogens is 1. The molecule has 0 fully saturated rings. The average Bonchev–Trinajstić information content (AvgIpc) is 2.48. The zero-order chi connectivity index (χ0) is 9.84. The monoisotopic (exact) mass is 184 g/mol. The van der Waals surface area contributed by atoms with Gasteiger partial charge in [-0.3, -0.25) is 0 Å². The smallest absolute Gasteiger partial charge is 0.220 e. The van der Waals surface area contributed by atoms with E-state index in [1.807, 2.05) is 13.8 Å². The molecule has 0 aliphatic heterocycles. The van der Waals surface area contributed by atoms with E-state index in [-0.39, 0.29) is 6.04 Å². The minimum atomic E-state index is -0.104. The van der Waals surface area contributed by atoms with E-state index in [9.17, 15) is 0 Å². The van der Waals surface area contributed by atoms with Gasteiger partial charge in [0.25, 0.3) is 0 Å². The van der Waals surface area contributed by atoms with E-state index < -0.39 is 0 Å². The lowest BCUT2D eigenvalue weighted by Gasteiger charge is -2.00. The average molecular weight is 184 g/mol. The SMILES string of the molecule is CCc1nc(COC)oc1C(C)N. The molecule has 0 bridgehead atoms. The molecule has 0 radical (unpaired) electrons. The Morgan fingerprint density at radius 3 is 2.69 bits per heavy atom. The Labute approximate surface area is 78.1 Å². The Hall–Kier alpha value is -0.870. The molecule has 1 aromatic heterocycles. The first-order valence-corrected chi connectivity index (χ1v) is 4.42. The maximum Gasteiger partial charge on any atom is 0.220 e. The number of oxazole rings is 1. The fourth-order valence-corrected chi connectivity index (χ4v) is 1.21. The predicted molar refractivity (Wildman–Crippen MR) is 49.2 cm³/mol. The van der Waals surface area contributed by atoms with Crippen molar-refractivity contribution in [2.45, 2.75) is 32.9 Å². The van der Waals surface area contributed by atoms with Crippen molar-refractivity contribution in [3.8, 4) is 0 Å². The van der Waals surface area contributed by atoms with Gasteiger partial charge in [-0.05, 0) is 13.3 Å². The van der Waals surface area contributed by atoms with Gasteiger partial charge >= 0.3 is 0 Å². The number of nitrogens with zero attached hydrogens (tertiary/aromatic N) is 1. The van der Waals surface area contributed by atoms with Crippen LogP contribution in [0.25, 0.3) is 0 Å². The first-order chi connectivity index (χ1) is 6.19. The number of hydrogen-bond donors (Lipinski definition) is 1. The molecule has 0 aliphatic carbocycles. The van der Waals surface area contributed by atoms with Crippen LogP contribution in [-0.4, -0.2) is 12.1 Å². The fraction of sp³-hybridized carbons (Fsp3) is 0.667. The lowest BCUT2D eigenvalue weighted by Crippen LogP contribution is -2.06. The zero-order valence-electron chi connectivity index (χ0n) is 8.33. The van der Waals surface area contributed by atoms with E-state index in [1.165, 1.54) is 0 Å². The highest BCUT2D eigenvalue weighted by Crippen LogP contribution is 2.18. The Morgan fingerprint density at radius 2 is 2.31 bits per heavy atom. The molecule has 74 valence electrons. The Bertz CT molecular complexity index is 269. The quantitative estimate of drug-likeness (QED) is 0.768. The molecular formula is C9H16N2O2. The van der Waals surface area contributed by atoms with Crippen LogP contribution in [0.15, 0.2) is 4.42 Å². The standard InChI is InChI=1S/C9H16N2O2/c1-4-7-9(6(2)10)13-8(11-7)5-12-3/h6H,4-5,10H2,1-3H3. The second-order valence-electron chi connectivity index (χ2n) is 2.99. The third-order valence-electron chi connectivity index (χ3n) is 1.79. The van der Waals surface area contributed by atoms with Crippen molar-refractivity contribution in [3.63, 3.8) is 0 Å². The van der Waals surface area contributed by atoms with Crippen molar-refractivity contribution in [1.82, 2.24) is 4.98 Å². The van der Waals surface area contributed by atoms with E-state index in [2.05, 4.69) is 4.98 Å². The van der Waals surface area contributed by atoms with Crippen LogP contribution in [0.1, 0.15) is 37.2 Å². The molecule has 1 aromatic rings. The van der Waals surface area contributed by atoms with Crippen molar-refractivity contribution in [2.75, 3.05) is 7.11 Å². The molecule has 0 amide bonds. The number of ether oxygens (including phenoxy) is 1. The van der Waals surface area contributed by atoms with E-state index in [4.69, 9.17) is 14.9 Å². The molecule has 0 saturated heterocycles. The van der Waals surface area contributed by atoms with E-state index in [0.29, 0.717) is 12.5 Å². The summed E-state index contributed by atoms with van der Waals surface area (Å²) in [4.78, 5) is 4.27. The molecule has 4 heteroatoms. The van der Waals surface area contributed by atoms with Crippen LogP contribution in [0.5, 0.6) is 0 Å². The van der Waals surface area contributed by atoms with Crippen LogP contribution in [-0.2, 0) is 17.8 Å². The number of nitrogens with two attached hydrogens (primary N) is 1. The van der Waals surface area contributed by atoms with Gasteiger partial charge in [0.15, 0.2) is 0 Å². The van der Waals surface area contributed by atoms with Gasteiger partial charge in [0.2, 0.25) is 5.89 Å². The largest absolute Gasteiger partial charge is 0.441 e. The van der Waals surface area contributed by atoms with Gasteiger partial charge in [0.05, 0.1) is 11.7 Å². The minimum Gasteiger partial charge on any atom is -0.441 e. The molecule has 13 heavy (non-hydrogen) atoms. The first-order valence-electron chi connectivity index (χ1n) is 4.42. The third-order valence-corrected chi connectivity index (χ3v) is 1.79. The van der Waals surface area contributed by atoms with E-state index in [0.717, 1.165) is 17.9 Å². The maximum atomic E-state index is 5.73. The summed E-state index contributed by atoms with van der Waals surface area (Å²) >= 11 is 0. The number of methoxy groups -OCH3 is 1. The van der Waals surface area contributed by atoms with Gasteiger partial charge in [-0.25, -0.2) is 4.98 Å². The van der Waals surface area contributed by atoms with Crippen LogP contribution in [0.4, 0.5) is 0 Å². The maximum absolute atomic E-state index is 5.73. The third kappa shape index (κ3) is 2.29. The van der Waals surface area contributed by atoms with Crippen LogP contribution < -0.4 is 5.73 Å². The summed E-state index contributed by atoms with van der Waals surface area (Å²) in [5, 5.41) is 0. The summed E-state index contributed by atoms with van der Waals surface area (Å²) in [5.74, 6) is 1.38. The van der Waals surface area contributed by atoms with Crippen LogP contribution in [0.2, 0.25) is 0 Å². The molecule has 4 nitrogen and oxygen atoms in total. The molecule has 1 unspecified atom stereocenters. The van der Waals surface area contributed by atoms with Crippen molar-refractivity contribution >= 4 is 0 Å². The van der Waals surface area contributed by atoms with Crippen molar-refractivity contribution in [1.29, 1.82) is 0 Å². The molecule has 0 aliphatic rings. The summed E-state index contributed by atoms with van der Waals surface area (Å²) in [6.45, 7) is 4.32. The summed E-state index contributed by atoms with van der Waals surface area (Å²) < 4.78 is 10.4. The van der Waals surface area contributed by atoms with E-state index in [1.54, 1.807) is 7.11 Å². The zero-order valence-corrected chi connectivity index (χ0v) is 8.33. The number of rotatable bonds is 4. The molecule has 0 saturated carbocycles. The van der Waals surface area contributed by atoms with Crippen LogP contribution in [0.3, 0.4) is 0 Å². The lowest BCUT2D eigenvalue weighted by atomic mass is 10.2. The normalized spacial score (nSPS) is 13.2. The highest BCUT2D eigenvalue weighted by molar-refractivity contribution is 5.12. The van der Waals surface area contributed by atoms with E-state index >= 15 is 0 Å². The van der Waals surface area contributed by atoms with Gasteiger partial charge in [-0.1, -0.05) is 6.92 Å². The van der Waals surface area contributed by atoms with Crippen molar-refractivity contribution in [3.05, 3.63) is 17.3 Å². The fourth-order valence-electron chi connectivity index (χ4n) is 1.21. The molecule has 0 aromatic carbocycles. The molecule has 1 rings (SSSR count). The molecule has 1 heterocycles.